The van der Waals surface area contributed by atoms with E-state index < -0.39 is 0 Å². The molecule has 0 aromatic heterocycles. The second kappa shape index (κ2) is 11.1. The molecule has 0 spiro atoms. The molecule has 0 saturated carbocycles. The lowest BCUT2D eigenvalue weighted by Gasteiger charge is -2.35. The number of rotatable bonds is 7. The average molecular weight is 438 g/mol. The number of nitrogens with zero attached hydrogens (tertiary/aromatic N) is 2. The lowest BCUT2D eigenvalue weighted by atomic mass is 10.1. The van der Waals surface area contributed by atoms with Gasteiger partial charge < -0.3 is 14.8 Å². The van der Waals surface area contributed by atoms with Gasteiger partial charge in [0.2, 0.25) is 0 Å². The van der Waals surface area contributed by atoms with E-state index in [1.807, 2.05) is 24.3 Å². The zero-order valence-corrected chi connectivity index (χ0v) is 19.3. The lowest BCUT2D eigenvalue weighted by molar-refractivity contribution is -0.0705. The summed E-state index contributed by atoms with van der Waals surface area (Å²) in [5, 5.41) is 3.13. The number of hydrogen-bond donors (Lipinski definition) is 1. The fourth-order valence-electron chi connectivity index (χ4n) is 4.64. The van der Waals surface area contributed by atoms with Crippen LogP contribution in [0.25, 0.3) is 0 Å². The molecule has 2 fully saturated rings. The minimum Gasteiger partial charge on any atom is -0.379 e. The molecule has 172 valence electrons. The number of hydrogen-bond acceptors (Lipinski definition) is 5. The Morgan fingerprint density at radius 1 is 0.938 bits per heavy atom. The molecule has 1 N–H and O–H groups in total. The van der Waals surface area contributed by atoms with Crippen LogP contribution >= 0.6 is 0 Å². The van der Waals surface area contributed by atoms with Crippen molar-refractivity contribution < 1.29 is 14.3 Å². The Bertz CT molecular complexity index is 887. The summed E-state index contributed by atoms with van der Waals surface area (Å²) in [6.45, 7) is 11.8. The maximum Gasteiger partial charge on any atom is 0.251 e. The van der Waals surface area contributed by atoms with Crippen molar-refractivity contribution in [2.24, 2.45) is 0 Å². The minimum absolute atomic E-state index is 0.0303. The van der Waals surface area contributed by atoms with Gasteiger partial charge in [0.1, 0.15) is 0 Å². The number of nitrogens with one attached hydrogen (secondary N) is 1. The molecule has 6 nitrogen and oxygen atoms in total. The van der Waals surface area contributed by atoms with Crippen molar-refractivity contribution in [1.29, 1.82) is 0 Å². The Balaban J connectivity index is 1.35. The van der Waals surface area contributed by atoms with E-state index in [-0.39, 0.29) is 18.1 Å². The zero-order valence-electron chi connectivity index (χ0n) is 19.3. The second-order valence-corrected chi connectivity index (χ2v) is 8.99. The van der Waals surface area contributed by atoms with Crippen LogP contribution in [0, 0.1) is 0 Å². The summed E-state index contributed by atoms with van der Waals surface area (Å²) in [6, 6.07) is 16.3. The molecule has 0 bridgehead atoms. The van der Waals surface area contributed by atoms with E-state index in [0.29, 0.717) is 12.1 Å². The fraction of sp³-hybridized carbons (Fsp3) is 0.500. The van der Waals surface area contributed by atoms with Gasteiger partial charge in [0, 0.05) is 51.4 Å². The van der Waals surface area contributed by atoms with Gasteiger partial charge in [-0.05, 0) is 42.7 Å². The largest absolute Gasteiger partial charge is 0.379 e. The standard InChI is InChI=1S/C26H35N3O3/c1-20-16-29(17-21(2)32-20)19-25-8-4-3-7-24(25)15-27-26(30)23-9-5-6-22(14-23)18-28-10-12-31-13-11-28/h3-9,14,20-21H,10-13,15-19H2,1-2H3,(H,27,30). The second-order valence-electron chi connectivity index (χ2n) is 8.99. The fourth-order valence-corrected chi connectivity index (χ4v) is 4.64. The van der Waals surface area contributed by atoms with E-state index in [1.165, 1.54) is 5.56 Å². The predicted octanol–water partition coefficient (Wildman–Crippen LogP) is 3.06. The molecule has 2 unspecified atom stereocenters. The van der Waals surface area contributed by atoms with E-state index >= 15 is 0 Å². The van der Waals surface area contributed by atoms with E-state index in [4.69, 9.17) is 9.47 Å². The van der Waals surface area contributed by atoms with Crippen molar-refractivity contribution >= 4 is 5.91 Å². The molecular weight excluding hydrogens is 402 g/mol. The van der Waals surface area contributed by atoms with E-state index in [2.05, 4.69) is 53.2 Å². The molecular formula is C26H35N3O3. The molecule has 2 aliphatic rings. The third kappa shape index (κ3) is 6.39. The van der Waals surface area contributed by atoms with Gasteiger partial charge in [-0.3, -0.25) is 14.6 Å². The van der Waals surface area contributed by atoms with Crippen LogP contribution in [0.3, 0.4) is 0 Å². The third-order valence-electron chi connectivity index (χ3n) is 6.15. The van der Waals surface area contributed by atoms with E-state index in [9.17, 15) is 4.79 Å². The number of ether oxygens (including phenoxy) is 2. The van der Waals surface area contributed by atoms with E-state index in [1.54, 1.807) is 0 Å². The Morgan fingerprint density at radius 3 is 2.41 bits per heavy atom. The number of carbonyl (C=O) groups is 1. The van der Waals surface area contributed by atoms with Crippen LogP contribution in [-0.4, -0.2) is 67.3 Å². The number of morpholine rings is 2. The van der Waals surface area contributed by atoms with Gasteiger partial charge in [0.15, 0.2) is 0 Å². The number of amides is 1. The lowest BCUT2D eigenvalue weighted by Crippen LogP contribution is -2.45. The Hall–Kier alpha value is -2.25. The molecule has 6 heteroatoms. The quantitative estimate of drug-likeness (QED) is 0.722. The van der Waals surface area contributed by atoms with Gasteiger partial charge in [-0.1, -0.05) is 36.4 Å². The summed E-state index contributed by atoms with van der Waals surface area (Å²) in [7, 11) is 0. The summed E-state index contributed by atoms with van der Waals surface area (Å²) in [4.78, 5) is 17.7. The van der Waals surface area contributed by atoms with Gasteiger partial charge in [0.25, 0.3) is 5.91 Å². The third-order valence-corrected chi connectivity index (χ3v) is 6.15. The first-order chi connectivity index (χ1) is 15.6. The number of carbonyl (C=O) groups excluding carboxylic acids is 1. The summed E-state index contributed by atoms with van der Waals surface area (Å²) in [6.07, 6.45) is 0.491. The highest BCUT2D eigenvalue weighted by Gasteiger charge is 2.22. The van der Waals surface area contributed by atoms with Crippen LogP contribution in [0.2, 0.25) is 0 Å². The van der Waals surface area contributed by atoms with Crippen LogP contribution in [-0.2, 0) is 29.1 Å². The maximum absolute atomic E-state index is 12.9. The van der Waals surface area contributed by atoms with Gasteiger partial charge in [-0.2, -0.15) is 0 Å². The van der Waals surface area contributed by atoms with Crippen molar-refractivity contribution in [3.05, 3.63) is 70.8 Å². The molecule has 2 aromatic carbocycles. The van der Waals surface area contributed by atoms with Crippen molar-refractivity contribution in [3.63, 3.8) is 0 Å². The van der Waals surface area contributed by atoms with E-state index in [0.717, 1.165) is 63.6 Å². The summed E-state index contributed by atoms with van der Waals surface area (Å²) >= 11 is 0. The van der Waals surface area contributed by atoms with Crippen molar-refractivity contribution in [3.8, 4) is 0 Å². The van der Waals surface area contributed by atoms with Crippen molar-refractivity contribution in [2.75, 3.05) is 39.4 Å². The maximum atomic E-state index is 12.9. The first-order valence-electron chi connectivity index (χ1n) is 11.7. The van der Waals surface area contributed by atoms with Crippen LogP contribution in [0.15, 0.2) is 48.5 Å². The number of benzene rings is 2. The van der Waals surface area contributed by atoms with Crippen LogP contribution < -0.4 is 5.32 Å². The molecule has 2 aliphatic heterocycles. The Labute approximate surface area is 191 Å². The average Bonchev–Trinajstić information content (AvgIpc) is 2.78. The molecule has 4 rings (SSSR count). The first-order valence-corrected chi connectivity index (χ1v) is 11.7. The zero-order chi connectivity index (χ0) is 22.3. The van der Waals surface area contributed by atoms with Crippen molar-refractivity contribution in [2.45, 2.75) is 45.7 Å². The molecule has 2 atom stereocenters. The molecule has 0 aliphatic carbocycles. The van der Waals surface area contributed by atoms with Gasteiger partial charge in [-0.15, -0.1) is 0 Å². The van der Waals surface area contributed by atoms with Gasteiger partial charge >= 0.3 is 0 Å². The summed E-state index contributed by atoms with van der Waals surface area (Å²) < 4.78 is 11.3. The van der Waals surface area contributed by atoms with Crippen molar-refractivity contribution in [1.82, 2.24) is 15.1 Å². The minimum atomic E-state index is -0.0303. The monoisotopic (exact) mass is 437 g/mol. The highest BCUT2D eigenvalue weighted by molar-refractivity contribution is 5.94. The first kappa shape index (κ1) is 22.9. The Morgan fingerprint density at radius 2 is 1.66 bits per heavy atom. The predicted molar refractivity (Wildman–Crippen MR) is 125 cm³/mol. The highest BCUT2D eigenvalue weighted by Crippen LogP contribution is 2.17. The van der Waals surface area contributed by atoms with Crippen LogP contribution in [0.5, 0.6) is 0 Å². The SMILES string of the molecule is CC1CN(Cc2ccccc2CNC(=O)c2cccc(CN3CCOCC3)c2)CC(C)O1. The van der Waals surface area contributed by atoms with Crippen LogP contribution in [0.4, 0.5) is 0 Å². The smallest absolute Gasteiger partial charge is 0.251 e. The molecule has 2 heterocycles. The Kier molecular flexibility index (Phi) is 7.92. The molecule has 2 aromatic rings. The molecule has 2 saturated heterocycles. The highest BCUT2D eigenvalue weighted by atomic mass is 16.5. The summed E-state index contributed by atoms with van der Waals surface area (Å²) in [5.41, 5.74) is 4.30. The normalized spacial score (nSPS) is 22.6. The molecule has 0 radical (unpaired) electrons. The topological polar surface area (TPSA) is 54.0 Å². The van der Waals surface area contributed by atoms with Gasteiger partial charge in [0.05, 0.1) is 25.4 Å². The molecule has 1 amide bonds. The van der Waals surface area contributed by atoms with Gasteiger partial charge in [-0.25, -0.2) is 0 Å². The van der Waals surface area contributed by atoms with Crippen LogP contribution in [0.1, 0.15) is 40.9 Å². The molecule has 32 heavy (non-hydrogen) atoms. The summed E-state index contributed by atoms with van der Waals surface area (Å²) in [5.74, 6) is -0.0303.